The number of carbonyl (C=O) groups excluding carboxylic acids is 1. The number of nitrogens with zero attached hydrogens (tertiary/aromatic N) is 3. The van der Waals surface area contributed by atoms with Crippen LogP contribution in [0.25, 0.3) is 22.2 Å². The minimum Gasteiger partial charge on any atom is -0.496 e. The van der Waals surface area contributed by atoms with Crippen molar-refractivity contribution >= 4 is 22.5 Å². The molecule has 2 aromatic heterocycles. The molecule has 5 rings (SSSR count). The van der Waals surface area contributed by atoms with Crippen molar-refractivity contribution in [2.75, 3.05) is 25.6 Å². The number of aryl methyl sites for hydroxylation is 2. The SMILES string of the molecule is COc1cc2[nH]nc(-c3cnn(C4CCOCC4)c3)c2cc1C(=O)Nc1c(C)cccc1C. The molecule has 1 amide bonds. The van der Waals surface area contributed by atoms with E-state index < -0.39 is 0 Å². The third kappa shape index (κ3) is 3.98. The summed E-state index contributed by atoms with van der Waals surface area (Å²) < 4.78 is 13.0. The van der Waals surface area contributed by atoms with E-state index in [9.17, 15) is 4.79 Å². The van der Waals surface area contributed by atoms with Crippen LogP contribution < -0.4 is 10.1 Å². The largest absolute Gasteiger partial charge is 0.496 e. The van der Waals surface area contributed by atoms with E-state index in [0.29, 0.717) is 17.4 Å². The zero-order valence-electron chi connectivity index (χ0n) is 19.0. The van der Waals surface area contributed by atoms with Gasteiger partial charge in [0.2, 0.25) is 0 Å². The second kappa shape index (κ2) is 8.71. The summed E-state index contributed by atoms with van der Waals surface area (Å²) in [5, 5.41) is 16.1. The van der Waals surface area contributed by atoms with Gasteiger partial charge >= 0.3 is 0 Å². The smallest absolute Gasteiger partial charge is 0.259 e. The molecule has 33 heavy (non-hydrogen) atoms. The van der Waals surface area contributed by atoms with E-state index >= 15 is 0 Å². The molecular weight excluding hydrogens is 418 g/mol. The predicted molar refractivity (Wildman–Crippen MR) is 127 cm³/mol. The third-order valence-corrected chi connectivity index (χ3v) is 6.29. The highest BCUT2D eigenvalue weighted by Gasteiger charge is 2.21. The zero-order valence-corrected chi connectivity index (χ0v) is 19.0. The van der Waals surface area contributed by atoms with Gasteiger partial charge in [-0.25, -0.2) is 0 Å². The fraction of sp³-hybridized carbons (Fsp3) is 0.320. The molecule has 0 unspecified atom stereocenters. The Hall–Kier alpha value is -3.65. The van der Waals surface area contributed by atoms with Gasteiger partial charge in [0.1, 0.15) is 11.4 Å². The van der Waals surface area contributed by atoms with E-state index in [1.165, 1.54) is 0 Å². The number of aromatic nitrogens is 4. The van der Waals surface area contributed by atoms with E-state index in [4.69, 9.17) is 9.47 Å². The van der Waals surface area contributed by atoms with Crippen LogP contribution in [0, 0.1) is 13.8 Å². The maximum atomic E-state index is 13.3. The van der Waals surface area contributed by atoms with Crippen LogP contribution in [-0.2, 0) is 4.74 Å². The first-order valence-electron chi connectivity index (χ1n) is 11.1. The van der Waals surface area contributed by atoms with Gasteiger partial charge in [-0.3, -0.25) is 14.6 Å². The normalized spacial score (nSPS) is 14.5. The number of rotatable bonds is 5. The minimum absolute atomic E-state index is 0.226. The van der Waals surface area contributed by atoms with Crippen LogP contribution in [0.1, 0.15) is 40.4 Å². The molecule has 0 atom stereocenters. The number of para-hydroxylation sites is 1. The van der Waals surface area contributed by atoms with Crippen molar-refractivity contribution in [1.29, 1.82) is 0 Å². The van der Waals surface area contributed by atoms with Crippen molar-refractivity contribution in [2.45, 2.75) is 32.7 Å². The van der Waals surface area contributed by atoms with E-state index in [1.807, 2.05) is 61.3 Å². The molecule has 8 nitrogen and oxygen atoms in total. The van der Waals surface area contributed by atoms with Gasteiger partial charge in [-0.1, -0.05) is 18.2 Å². The summed E-state index contributed by atoms with van der Waals surface area (Å²) in [4.78, 5) is 13.3. The number of hydrogen-bond acceptors (Lipinski definition) is 5. The number of nitrogens with one attached hydrogen (secondary N) is 2. The van der Waals surface area contributed by atoms with Gasteiger partial charge in [0, 0.05) is 42.1 Å². The van der Waals surface area contributed by atoms with Gasteiger partial charge in [-0.2, -0.15) is 10.2 Å². The van der Waals surface area contributed by atoms with Gasteiger partial charge in [-0.05, 0) is 43.9 Å². The molecule has 3 heterocycles. The van der Waals surface area contributed by atoms with Crippen molar-refractivity contribution in [1.82, 2.24) is 20.0 Å². The number of benzene rings is 2. The Kier molecular flexibility index (Phi) is 5.60. The monoisotopic (exact) mass is 445 g/mol. The van der Waals surface area contributed by atoms with Gasteiger partial charge in [0.15, 0.2) is 0 Å². The second-order valence-electron chi connectivity index (χ2n) is 8.44. The summed E-state index contributed by atoms with van der Waals surface area (Å²) >= 11 is 0. The third-order valence-electron chi connectivity index (χ3n) is 6.29. The number of carbonyl (C=O) groups is 1. The van der Waals surface area contributed by atoms with E-state index in [1.54, 1.807) is 7.11 Å². The molecule has 1 fully saturated rings. The number of hydrogen-bond donors (Lipinski definition) is 2. The molecular formula is C25H27N5O3. The Bertz CT molecular complexity index is 1300. The fourth-order valence-corrected chi connectivity index (χ4v) is 4.41. The molecule has 2 aromatic carbocycles. The fourth-order valence-electron chi connectivity index (χ4n) is 4.41. The van der Waals surface area contributed by atoms with Crippen LogP contribution in [0.5, 0.6) is 5.75 Å². The number of amides is 1. The van der Waals surface area contributed by atoms with Crippen LogP contribution in [0.3, 0.4) is 0 Å². The second-order valence-corrected chi connectivity index (χ2v) is 8.44. The Balaban J connectivity index is 1.51. The topological polar surface area (TPSA) is 94.1 Å². The van der Waals surface area contributed by atoms with Crippen LogP contribution in [0.15, 0.2) is 42.7 Å². The molecule has 0 spiro atoms. The molecule has 4 aromatic rings. The molecule has 0 saturated carbocycles. The van der Waals surface area contributed by atoms with Crippen molar-refractivity contribution in [3.8, 4) is 17.0 Å². The zero-order chi connectivity index (χ0) is 22.9. The van der Waals surface area contributed by atoms with Gasteiger partial charge in [0.05, 0.1) is 30.4 Å². The van der Waals surface area contributed by atoms with E-state index in [0.717, 1.165) is 65.0 Å². The number of anilines is 1. The molecule has 0 aliphatic carbocycles. The maximum absolute atomic E-state index is 13.3. The minimum atomic E-state index is -0.226. The molecule has 0 radical (unpaired) electrons. The standard InChI is InChI=1S/C25H27N5O3/c1-15-5-4-6-16(2)23(15)27-25(31)20-11-19-21(12-22(20)32-3)28-29-24(19)17-13-26-30(14-17)18-7-9-33-10-8-18/h4-6,11-14,18H,7-10H2,1-3H3,(H,27,31)(H,28,29). The highest BCUT2D eigenvalue weighted by Crippen LogP contribution is 2.33. The molecule has 1 aliphatic heterocycles. The highest BCUT2D eigenvalue weighted by molar-refractivity contribution is 6.10. The molecule has 170 valence electrons. The van der Waals surface area contributed by atoms with Gasteiger partial charge in [0.25, 0.3) is 5.91 Å². The van der Waals surface area contributed by atoms with Crippen LogP contribution in [0.2, 0.25) is 0 Å². The summed E-state index contributed by atoms with van der Waals surface area (Å²) in [6.45, 7) is 5.47. The average Bonchev–Trinajstić information content (AvgIpc) is 3.48. The molecule has 8 heteroatoms. The Labute approximate surface area is 191 Å². The summed E-state index contributed by atoms with van der Waals surface area (Å²) in [7, 11) is 1.56. The lowest BCUT2D eigenvalue weighted by molar-refractivity contribution is 0.0662. The number of fused-ring (bicyclic) bond motifs is 1. The molecule has 1 saturated heterocycles. The molecule has 1 aliphatic rings. The maximum Gasteiger partial charge on any atom is 0.259 e. The first-order valence-corrected chi connectivity index (χ1v) is 11.1. The molecule has 2 N–H and O–H groups in total. The lowest BCUT2D eigenvalue weighted by Gasteiger charge is -2.22. The van der Waals surface area contributed by atoms with Gasteiger partial charge < -0.3 is 14.8 Å². The van der Waals surface area contributed by atoms with E-state index in [-0.39, 0.29) is 5.91 Å². The van der Waals surface area contributed by atoms with Gasteiger partial charge in [-0.15, -0.1) is 0 Å². The lowest BCUT2D eigenvalue weighted by atomic mass is 10.0. The summed E-state index contributed by atoms with van der Waals surface area (Å²) in [5.41, 5.74) is 5.73. The van der Waals surface area contributed by atoms with Crippen LogP contribution in [-0.4, -0.2) is 46.2 Å². The Morgan fingerprint density at radius 1 is 1.21 bits per heavy atom. The highest BCUT2D eigenvalue weighted by atomic mass is 16.5. The van der Waals surface area contributed by atoms with Crippen LogP contribution >= 0.6 is 0 Å². The van der Waals surface area contributed by atoms with E-state index in [2.05, 4.69) is 20.6 Å². The number of aromatic amines is 1. The Morgan fingerprint density at radius 3 is 2.70 bits per heavy atom. The predicted octanol–water partition coefficient (Wildman–Crippen LogP) is 4.66. The summed E-state index contributed by atoms with van der Waals surface area (Å²) in [6, 6.07) is 9.92. The molecule has 0 bridgehead atoms. The summed E-state index contributed by atoms with van der Waals surface area (Å²) in [5.74, 6) is 0.260. The van der Waals surface area contributed by atoms with Crippen LogP contribution in [0.4, 0.5) is 5.69 Å². The number of H-pyrrole nitrogens is 1. The lowest BCUT2D eigenvalue weighted by Crippen LogP contribution is -2.19. The van der Waals surface area contributed by atoms with Crippen molar-refractivity contribution in [3.63, 3.8) is 0 Å². The first kappa shape index (κ1) is 21.2. The number of methoxy groups -OCH3 is 1. The Morgan fingerprint density at radius 2 is 1.97 bits per heavy atom. The quantitative estimate of drug-likeness (QED) is 0.466. The summed E-state index contributed by atoms with van der Waals surface area (Å²) in [6.07, 6.45) is 5.74. The van der Waals surface area contributed by atoms with Crippen molar-refractivity contribution < 1.29 is 14.3 Å². The average molecular weight is 446 g/mol. The number of ether oxygens (including phenoxy) is 2. The van der Waals surface area contributed by atoms with Crippen molar-refractivity contribution in [3.05, 3.63) is 59.4 Å². The van der Waals surface area contributed by atoms with Crippen molar-refractivity contribution in [2.24, 2.45) is 0 Å². The first-order chi connectivity index (χ1) is 16.0.